The molecule has 1 saturated heterocycles. The highest BCUT2D eigenvalue weighted by molar-refractivity contribution is 5.97. The monoisotopic (exact) mass is 435 g/mol. The number of alkyl halides is 1. The summed E-state index contributed by atoms with van der Waals surface area (Å²) in [6.45, 7) is 6.25. The standard InChI is InChI=1S/C24H38FN3O3/c1-23-8-6-17-15(16(23)4-5-22(23)29)10-20(27-30-3)18-11-21(19(25)12-24(17,18)2)28-31-14-7-9-26-13-14/h14-19,22,26,29H,4-13H2,1-3H3/b27-20+,28-21-/t14-,15+,16+,17+,18?,19-,22+,23+,24-/m1/s1. The fraction of sp³-hybridized carbons (Fsp3) is 0.917. The van der Waals surface area contributed by atoms with E-state index < -0.39 is 6.17 Å². The third-order valence-electron chi connectivity index (χ3n) is 9.81. The van der Waals surface area contributed by atoms with Gasteiger partial charge >= 0.3 is 0 Å². The van der Waals surface area contributed by atoms with E-state index in [1.165, 1.54) is 0 Å². The van der Waals surface area contributed by atoms with E-state index in [4.69, 9.17) is 9.68 Å². The van der Waals surface area contributed by atoms with Gasteiger partial charge in [0.1, 0.15) is 19.4 Å². The van der Waals surface area contributed by atoms with E-state index in [0.29, 0.717) is 36.3 Å². The Bertz CT molecular complexity index is 754. The van der Waals surface area contributed by atoms with Gasteiger partial charge < -0.3 is 20.1 Å². The first kappa shape index (κ1) is 21.6. The molecule has 2 N–H and O–H groups in total. The van der Waals surface area contributed by atoms with Crippen molar-refractivity contribution in [3.63, 3.8) is 0 Å². The second-order valence-electron chi connectivity index (χ2n) is 11.2. The van der Waals surface area contributed by atoms with Gasteiger partial charge in [-0.25, -0.2) is 4.39 Å². The summed E-state index contributed by atoms with van der Waals surface area (Å²) in [5.41, 5.74) is 1.41. The fourth-order valence-corrected chi connectivity index (χ4v) is 8.04. The molecule has 0 radical (unpaired) electrons. The van der Waals surface area contributed by atoms with Crippen LogP contribution in [0, 0.1) is 34.5 Å². The first-order valence-electron chi connectivity index (χ1n) is 12.2. The molecule has 0 amide bonds. The maximum Gasteiger partial charge on any atom is 0.142 e. The summed E-state index contributed by atoms with van der Waals surface area (Å²) in [4.78, 5) is 11.0. The van der Waals surface area contributed by atoms with Crippen LogP contribution in [0.5, 0.6) is 0 Å². The molecule has 4 saturated carbocycles. The minimum absolute atomic E-state index is 0.0118. The van der Waals surface area contributed by atoms with Gasteiger partial charge in [0.2, 0.25) is 0 Å². The van der Waals surface area contributed by atoms with Crippen LogP contribution in [0.2, 0.25) is 0 Å². The van der Waals surface area contributed by atoms with E-state index in [2.05, 4.69) is 29.5 Å². The van der Waals surface area contributed by atoms with Gasteiger partial charge in [0.25, 0.3) is 0 Å². The number of oxime groups is 2. The average molecular weight is 436 g/mol. The first-order valence-corrected chi connectivity index (χ1v) is 12.2. The van der Waals surface area contributed by atoms with E-state index in [1.54, 1.807) is 7.11 Å². The van der Waals surface area contributed by atoms with E-state index in [0.717, 1.165) is 57.3 Å². The molecule has 0 spiro atoms. The summed E-state index contributed by atoms with van der Waals surface area (Å²) >= 11 is 0. The zero-order valence-electron chi connectivity index (χ0n) is 19.1. The predicted molar refractivity (Wildman–Crippen MR) is 118 cm³/mol. The third-order valence-corrected chi connectivity index (χ3v) is 9.81. The minimum Gasteiger partial charge on any atom is -0.399 e. The first-order chi connectivity index (χ1) is 14.9. The van der Waals surface area contributed by atoms with Crippen molar-refractivity contribution >= 4 is 11.4 Å². The molecule has 0 bridgehead atoms. The second-order valence-corrected chi connectivity index (χ2v) is 11.2. The number of aliphatic hydroxyl groups is 1. The topological polar surface area (TPSA) is 75.4 Å². The molecular weight excluding hydrogens is 397 g/mol. The lowest BCUT2D eigenvalue weighted by atomic mass is 9.44. The van der Waals surface area contributed by atoms with E-state index >= 15 is 4.39 Å². The molecule has 1 unspecified atom stereocenters. The van der Waals surface area contributed by atoms with E-state index in [9.17, 15) is 5.11 Å². The molecule has 9 atom stereocenters. The van der Waals surface area contributed by atoms with Gasteiger partial charge in [-0.2, -0.15) is 0 Å². The fourth-order valence-electron chi connectivity index (χ4n) is 8.04. The van der Waals surface area contributed by atoms with Crippen LogP contribution in [-0.2, 0) is 9.68 Å². The van der Waals surface area contributed by atoms with Crippen molar-refractivity contribution in [2.75, 3.05) is 20.2 Å². The van der Waals surface area contributed by atoms with Gasteiger partial charge in [-0.05, 0) is 73.7 Å². The van der Waals surface area contributed by atoms with Gasteiger partial charge in [-0.3, -0.25) is 0 Å². The summed E-state index contributed by atoms with van der Waals surface area (Å²) in [6.07, 6.45) is 5.65. The number of fused-ring (bicyclic) bond motifs is 5. The van der Waals surface area contributed by atoms with Crippen LogP contribution in [0.15, 0.2) is 10.3 Å². The normalized spacial score (nSPS) is 52.0. The van der Waals surface area contributed by atoms with Crippen molar-refractivity contribution < 1.29 is 19.2 Å². The number of nitrogens with one attached hydrogen (secondary N) is 1. The summed E-state index contributed by atoms with van der Waals surface area (Å²) in [7, 11) is 1.60. The highest BCUT2D eigenvalue weighted by Crippen LogP contribution is 2.65. The Morgan fingerprint density at radius 3 is 2.58 bits per heavy atom. The van der Waals surface area contributed by atoms with Crippen molar-refractivity contribution in [3.05, 3.63) is 0 Å². The molecule has 7 heteroatoms. The Morgan fingerprint density at radius 2 is 1.84 bits per heavy atom. The lowest BCUT2D eigenvalue weighted by molar-refractivity contribution is -0.0900. The van der Waals surface area contributed by atoms with Gasteiger partial charge in [0.05, 0.1) is 17.5 Å². The maximum atomic E-state index is 15.5. The van der Waals surface area contributed by atoms with E-state index in [1.807, 2.05) is 0 Å². The molecule has 0 aromatic heterocycles. The number of halogens is 1. The molecule has 5 aliphatic rings. The van der Waals surface area contributed by atoms with Crippen LogP contribution >= 0.6 is 0 Å². The van der Waals surface area contributed by atoms with Crippen LogP contribution in [0.1, 0.15) is 65.2 Å². The molecule has 5 fully saturated rings. The predicted octanol–water partition coefficient (Wildman–Crippen LogP) is 3.68. The van der Waals surface area contributed by atoms with Gasteiger partial charge in [-0.1, -0.05) is 24.2 Å². The van der Waals surface area contributed by atoms with Crippen LogP contribution in [0.3, 0.4) is 0 Å². The second kappa shape index (κ2) is 7.98. The number of hydrogen-bond acceptors (Lipinski definition) is 6. The van der Waals surface area contributed by atoms with E-state index in [-0.39, 0.29) is 29.0 Å². The Kier molecular flexibility index (Phi) is 5.57. The van der Waals surface area contributed by atoms with Crippen LogP contribution in [-0.4, -0.2) is 55.1 Å². The molecule has 0 aromatic carbocycles. The van der Waals surface area contributed by atoms with Crippen LogP contribution in [0.25, 0.3) is 0 Å². The summed E-state index contributed by atoms with van der Waals surface area (Å²) in [5.74, 6) is 1.52. The summed E-state index contributed by atoms with van der Waals surface area (Å²) in [5, 5.41) is 22.8. The average Bonchev–Trinajstić information content (AvgIpc) is 3.35. The highest BCUT2D eigenvalue weighted by atomic mass is 19.1. The molecular formula is C24H38FN3O3. The van der Waals surface area contributed by atoms with Crippen molar-refractivity contribution in [3.8, 4) is 0 Å². The smallest absolute Gasteiger partial charge is 0.142 e. The number of nitrogens with zero attached hydrogens (tertiary/aromatic N) is 2. The third kappa shape index (κ3) is 3.41. The Hall–Kier alpha value is -1.21. The molecule has 4 aliphatic carbocycles. The van der Waals surface area contributed by atoms with Crippen molar-refractivity contribution in [2.45, 2.75) is 83.6 Å². The zero-order chi connectivity index (χ0) is 21.8. The molecule has 31 heavy (non-hydrogen) atoms. The van der Waals surface area contributed by atoms with Crippen molar-refractivity contribution in [2.24, 2.45) is 44.8 Å². The Balaban J connectivity index is 1.43. The minimum atomic E-state index is -1.07. The number of hydrogen-bond donors (Lipinski definition) is 2. The SMILES string of the molecule is CO/N=C1\C[C@H]2[C@@H]3CC[C@H](O)[C@@]3(C)CC[C@@H]2[C@@]2(C)C[C@@H](F)/C(=N\O[C@@H]3CCNC3)CC12. The highest BCUT2D eigenvalue weighted by Gasteiger charge is 2.62. The van der Waals surface area contributed by atoms with Crippen molar-refractivity contribution in [1.82, 2.24) is 5.32 Å². The molecule has 1 heterocycles. The summed E-state index contributed by atoms with van der Waals surface area (Å²) in [6, 6.07) is 0. The number of rotatable bonds is 3. The molecule has 6 nitrogen and oxygen atoms in total. The maximum absolute atomic E-state index is 15.5. The Morgan fingerprint density at radius 1 is 1.03 bits per heavy atom. The molecule has 1 aliphatic heterocycles. The lowest BCUT2D eigenvalue weighted by Crippen LogP contribution is -2.58. The van der Waals surface area contributed by atoms with Crippen LogP contribution < -0.4 is 5.32 Å². The van der Waals surface area contributed by atoms with Gasteiger partial charge in [0.15, 0.2) is 0 Å². The van der Waals surface area contributed by atoms with Gasteiger partial charge in [-0.15, -0.1) is 0 Å². The van der Waals surface area contributed by atoms with Crippen LogP contribution in [0.4, 0.5) is 4.39 Å². The molecule has 0 aromatic rings. The largest absolute Gasteiger partial charge is 0.399 e. The lowest BCUT2D eigenvalue weighted by Gasteiger charge is -2.60. The molecule has 5 rings (SSSR count). The van der Waals surface area contributed by atoms with Crippen molar-refractivity contribution in [1.29, 1.82) is 0 Å². The zero-order valence-corrected chi connectivity index (χ0v) is 19.1. The summed E-state index contributed by atoms with van der Waals surface area (Å²) < 4.78 is 15.5. The number of aliphatic hydroxyl groups excluding tert-OH is 1. The molecule has 174 valence electrons. The quantitative estimate of drug-likeness (QED) is 0.663. The Labute approximate surface area is 185 Å². The van der Waals surface area contributed by atoms with Gasteiger partial charge in [0, 0.05) is 25.3 Å².